The van der Waals surface area contributed by atoms with Crippen LogP contribution in [0.2, 0.25) is 5.02 Å². The van der Waals surface area contributed by atoms with Gasteiger partial charge in [-0.05, 0) is 68.7 Å². The minimum Gasteiger partial charge on any atom is -0.352 e. The van der Waals surface area contributed by atoms with Gasteiger partial charge in [0.25, 0.3) is 10.0 Å². The topological polar surface area (TPSA) is 86.8 Å². The molecule has 2 amide bonds. The van der Waals surface area contributed by atoms with E-state index in [1.165, 1.54) is 35.2 Å². The second kappa shape index (κ2) is 13.8. The number of halogens is 2. The molecule has 40 heavy (non-hydrogen) atoms. The molecule has 7 nitrogen and oxygen atoms in total. The zero-order chi connectivity index (χ0) is 29.4. The summed E-state index contributed by atoms with van der Waals surface area (Å²) in [6, 6.07) is 17.3. The van der Waals surface area contributed by atoms with Gasteiger partial charge in [-0.2, -0.15) is 0 Å². The number of hydrogen-bond donors (Lipinski definition) is 1. The highest BCUT2D eigenvalue weighted by atomic mass is 35.5. The van der Waals surface area contributed by atoms with Gasteiger partial charge in [0.05, 0.1) is 10.6 Å². The lowest BCUT2D eigenvalue weighted by Gasteiger charge is -2.33. The number of para-hydroxylation sites is 1. The second-order valence-corrected chi connectivity index (χ2v) is 12.0. The van der Waals surface area contributed by atoms with Crippen LogP contribution < -0.4 is 9.62 Å². The van der Waals surface area contributed by atoms with Gasteiger partial charge in [-0.1, -0.05) is 67.4 Å². The molecule has 0 aliphatic rings. The van der Waals surface area contributed by atoms with Crippen LogP contribution in [0.1, 0.15) is 44.7 Å². The van der Waals surface area contributed by atoms with E-state index >= 15 is 4.39 Å². The summed E-state index contributed by atoms with van der Waals surface area (Å²) in [4.78, 5) is 28.5. The second-order valence-electron chi connectivity index (χ2n) is 9.67. The van der Waals surface area contributed by atoms with Crippen molar-refractivity contribution in [1.29, 1.82) is 0 Å². The fourth-order valence-corrected chi connectivity index (χ4v) is 5.70. The zero-order valence-electron chi connectivity index (χ0n) is 23.1. The first-order valence-corrected chi connectivity index (χ1v) is 15.0. The van der Waals surface area contributed by atoms with Crippen LogP contribution in [0.5, 0.6) is 0 Å². The van der Waals surface area contributed by atoms with E-state index < -0.39 is 34.3 Å². The van der Waals surface area contributed by atoms with E-state index in [1.54, 1.807) is 43.3 Å². The lowest BCUT2D eigenvalue weighted by atomic mass is 10.1. The predicted octanol–water partition coefficient (Wildman–Crippen LogP) is 5.70. The summed E-state index contributed by atoms with van der Waals surface area (Å²) in [6.45, 7) is 6.71. The Hall–Kier alpha value is -3.43. The van der Waals surface area contributed by atoms with Crippen molar-refractivity contribution in [1.82, 2.24) is 10.2 Å². The number of nitrogens with one attached hydrogen (secondary N) is 1. The molecule has 3 rings (SSSR count). The number of nitrogens with zero attached hydrogens (tertiary/aromatic N) is 2. The molecule has 214 valence electrons. The molecule has 10 heteroatoms. The van der Waals surface area contributed by atoms with Gasteiger partial charge in [0.1, 0.15) is 18.4 Å². The van der Waals surface area contributed by atoms with E-state index in [-0.39, 0.29) is 35.5 Å². The van der Waals surface area contributed by atoms with E-state index in [0.29, 0.717) is 17.0 Å². The summed E-state index contributed by atoms with van der Waals surface area (Å²) in [5.74, 6) is -1.80. The number of hydrogen-bond acceptors (Lipinski definition) is 4. The van der Waals surface area contributed by atoms with Crippen molar-refractivity contribution in [2.45, 2.75) is 64.1 Å². The molecule has 3 aromatic rings. The third-order valence-electron chi connectivity index (χ3n) is 6.66. The third-order valence-corrected chi connectivity index (χ3v) is 8.69. The van der Waals surface area contributed by atoms with E-state index in [1.807, 2.05) is 20.8 Å². The molecule has 3 aromatic carbocycles. The largest absolute Gasteiger partial charge is 0.352 e. The quantitative estimate of drug-likeness (QED) is 0.294. The summed E-state index contributed by atoms with van der Waals surface area (Å²) >= 11 is 6.04. The summed E-state index contributed by atoms with van der Waals surface area (Å²) in [7, 11) is -4.35. The molecule has 0 saturated heterocycles. The number of aryl methyl sites for hydroxylation is 1. The fourth-order valence-electron chi connectivity index (χ4n) is 4.15. The van der Waals surface area contributed by atoms with Crippen LogP contribution in [0.4, 0.5) is 10.1 Å². The summed E-state index contributed by atoms with van der Waals surface area (Å²) < 4.78 is 43.4. The number of anilines is 1. The molecule has 0 bridgehead atoms. The number of carbonyl (C=O) groups is 2. The minimum absolute atomic E-state index is 0.0259. The third kappa shape index (κ3) is 7.61. The first-order chi connectivity index (χ1) is 19.0. The summed E-state index contributed by atoms with van der Waals surface area (Å²) in [6.07, 6.45) is 0.981. The Kier molecular flexibility index (Phi) is 10.7. The highest BCUT2D eigenvalue weighted by Crippen LogP contribution is 2.27. The van der Waals surface area contributed by atoms with E-state index in [9.17, 15) is 18.0 Å². The molecule has 2 atom stereocenters. The molecule has 0 aliphatic heterocycles. The van der Waals surface area contributed by atoms with Crippen LogP contribution in [0.25, 0.3) is 0 Å². The van der Waals surface area contributed by atoms with Crippen molar-refractivity contribution in [2.24, 2.45) is 0 Å². The Labute approximate surface area is 241 Å². The molecule has 0 saturated carbocycles. The maximum Gasteiger partial charge on any atom is 0.264 e. The first kappa shape index (κ1) is 31.1. The molecule has 0 unspecified atom stereocenters. The van der Waals surface area contributed by atoms with Crippen molar-refractivity contribution in [2.75, 3.05) is 10.8 Å². The molecular formula is C30H35ClFN3O4S. The lowest BCUT2D eigenvalue weighted by molar-refractivity contribution is -0.140. The van der Waals surface area contributed by atoms with Gasteiger partial charge in [-0.25, -0.2) is 12.8 Å². The molecule has 0 fully saturated rings. The number of carbonyl (C=O) groups excluding carboxylic acids is 2. The van der Waals surface area contributed by atoms with Gasteiger partial charge in [0.2, 0.25) is 11.8 Å². The highest BCUT2D eigenvalue weighted by Gasteiger charge is 2.34. The highest BCUT2D eigenvalue weighted by molar-refractivity contribution is 7.92. The van der Waals surface area contributed by atoms with Crippen LogP contribution >= 0.6 is 11.6 Å². The van der Waals surface area contributed by atoms with Gasteiger partial charge < -0.3 is 10.2 Å². The monoisotopic (exact) mass is 587 g/mol. The van der Waals surface area contributed by atoms with Crippen molar-refractivity contribution in [3.63, 3.8) is 0 Å². The Morgan fingerprint density at radius 3 is 2.15 bits per heavy atom. The Morgan fingerprint density at radius 1 is 0.950 bits per heavy atom. The summed E-state index contributed by atoms with van der Waals surface area (Å²) in [5.41, 5.74) is 1.28. The average molecular weight is 588 g/mol. The maximum atomic E-state index is 15.0. The van der Waals surface area contributed by atoms with E-state index in [0.717, 1.165) is 15.9 Å². The normalized spacial score (nSPS) is 12.8. The van der Waals surface area contributed by atoms with Crippen LogP contribution in [-0.2, 0) is 26.2 Å². The maximum absolute atomic E-state index is 15.0. The summed E-state index contributed by atoms with van der Waals surface area (Å²) in [5, 5.41) is 3.43. The molecule has 0 aliphatic carbocycles. The fraction of sp³-hybridized carbons (Fsp3) is 0.333. The van der Waals surface area contributed by atoms with E-state index in [4.69, 9.17) is 11.6 Å². The Balaban J connectivity index is 2.06. The Morgan fingerprint density at radius 2 is 1.57 bits per heavy atom. The SMILES string of the molecule is CC[C@H](C)NC(=O)[C@H](CC)N(Cc1ccc(Cl)cc1)C(=O)CN(c1ccccc1F)S(=O)(=O)c1ccc(C)cc1. The zero-order valence-corrected chi connectivity index (χ0v) is 24.7. The van der Waals surface area contributed by atoms with Gasteiger partial charge in [-0.3, -0.25) is 13.9 Å². The van der Waals surface area contributed by atoms with Crippen LogP contribution in [0, 0.1) is 12.7 Å². The van der Waals surface area contributed by atoms with Crippen molar-refractivity contribution < 1.29 is 22.4 Å². The van der Waals surface area contributed by atoms with Gasteiger partial charge in [0, 0.05) is 17.6 Å². The van der Waals surface area contributed by atoms with Gasteiger partial charge in [0.15, 0.2) is 0 Å². The van der Waals surface area contributed by atoms with E-state index in [2.05, 4.69) is 5.32 Å². The first-order valence-electron chi connectivity index (χ1n) is 13.2. The molecule has 0 radical (unpaired) electrons. The van der Waals surface area contributed by atoms with Gasteiger partial charge >= 0.3 is 0 Å². The molecular weight excluding hydrogens is 553 g/mol. The standard InChI is InChI=1S/C30H35ClFN3O4S/c1-5-22(4)33-30(37)27(6-2)34(19-23-13-15-24(31)16-14-23)29(36)20-35(28-10-8-7-9-26(28)32)40(38,39)25-17-11-21(3)12-18-25/h7-18,22,27H,5-6,19-20H2,1-4H3,(H,33,37)/t22-,27-/m0/s1. The Bertz CT molecular complexity index is 1420. The number of benzene rings is 3. The molecule has 0 spiro atoms. The molecule has 0 aromatic heterocycles. The smallest absolute Gasteiger partial charge is 0.264 e. The van der Waals surface area contributed by atoms with Crippen molar-refractivity contribution in [3.8, 4) is 0 Å². The lowest BCUT2D eigenvalue weighted by Crippen LogP contribution is -2.53. The van der Waals surface area contributed by atoms with Crippen molar-refractivity contribution >= 4 is 39.1 Å². The van der Waals surface area contributed by atoms with Crippen molar-refractivity contribution in [3.05, 3.63) is 94.8 Å². The van der Waals surface area contributed by atoms with Crippen LogP contribution in [0.15, 0.2) is 77.7 Å². The molecule has 1 N–H and O–H groups in total. The number of rotatable bonds is 12. The molecule has 0 heterocycles. The number of amides is 2. The van der Waals surface area contributed by atoms with Crippen LogP contribution in [0.3, 0.4) is 0 Å². The van der Waals surface area contributed by atoms with Crippen LogP contribution in [-0.4, -0.2) is 43.8 Å². The van der Waals surface area contributed by atoms with Gasteiger partial charge in [-0.15, -0.1) is 0 Å². The predicted molar refractivity (Wildman–Crippen MR) is 156 cm³/mol. The minimum atomic E-state index is -4.35. The average Bonchev–Trinajstić information content (AvgIpc) is 2.93. The number of sulfonamides is 1.